The van der Waals surface area contributed by atoms with E-state index in [0.29, 0.717) is 48.0 Å². The molecule has 0 bridgehead atoms. The molecule has 0 saturated carbocycles. The Morgan fingerprint density at radius 3 is 2.11 bits per heavy atom. The van der Waals surface area contributed by atoms with Crippen LogP contribution in [0, 0.1) is 11.3 Å². The molecule has 1 aliphatic rings. The highest BCUT2D eigenvalue weighted by molar-refractivity contribution is 5.92. The van der Waals surface area contributed by atoms with Crippen molar-refractivity contribution in [2.45, 2.75) is 26.2 Å². The van der Waals surface area contributed by atoms with Crippen molar-refractivity contribution < 1.29 is 33.3 Å². The highest BCUT2D eigenvalue weighted by Gasteiger charge is 2.36. The van der Waals surface area contributed by atoms with E-state index in [1.807, 2.05) is 0 Å². The number of nitrogens with zero attached hydrogens (tertiary/aromatic N) is 1. The lowest BCUT2D eigenvalue weighted by Gasteiger charge is -2.26. The minimum absolute atomic E-state index is 0.0340. The van der Waals surface area contributed by atoms with Gasteiger partial charge in [-0.3, -0.25) is 0 Å². The molecule has 2 N–H and O–H groups in total. The number of methoxy groups -OCH3 is 1. The van der Waals surface area contributed by atoms with E-state index in [1.54, 1.807) is 62.4 Å². The minimum atomic E-state index is -0.698. The van der Waals surface area contributed by atoms with Gasteiger partial charge < -0.3 is 29.4 Å². The molecule has 36 heavy (non-hydrogen) atoms. The summed E-state index contributed by atoms with van der Waals surface area (Å²) in [7, 11) is 1.33. The van der Waals surface area contributed by atoms with Gasteiger partial charge in [0.25, 0.3) is 0 Å². The van der Waals surface area contributed by atoms with Crippen LogP contribution in [0.5, 0.6) is 11.5 Å². The monoisotopic (exact) mass is 492 g/mol. The summed E-state index contributed by atoms with van der Waals surface area (Å²) in [5.74, 6) is -0.115. The number of allylic oxidation sites excluding steroid dienone is 2. The minimum Gasteiger partial charge on any atom is -0.493 e. The summed E-state index contributed by atoms with van der Waals surface area (Å²) >= 11 is 0. The Kier molecular flexibility index (Phi) is 8.95. The van der Waals surface area contributed by atoms with Gasteiger partial charge in [0.15, 0.2) is 0 Å². The number of nitrogens with two attached hydrogens (primary N) is 1. The van der Waals surface area contributed by atoms with E-state index in [-0.39, 0.29) is 23.6 Å². The molecule has 3 rings (SSSR count). The molecule has 0 radical (unpaired) electrons. The number of carbonyl (C=O) groups is 2. The van der Waals surface area contributed by atoms with E-state index in [1.165, 1.54) is 7.11 Å². The molecule has 0 aromatic heterocycles. The molecule has 0 amide bonds. The third-order valence-electron chi connectivity index (χ3n) is 5.42. The van der Waals surface area contributed by atoms with Crippen molar-refractivity contribution in [1.29, 1.82) is 5.26 Å². The number of carbonyl (C=O) groups excluding carboxylic acids is 2. The fraction of sp³-hybridized carbons (Fsp3) is 0.296. The van der Waals surface area contributed by atoms with E-state index >= 15 is 0 Å². The van der Waals surface area contributed by atoms with E-state index < -0.39 is 17.9 Å². The number of ether oxygens (including phenoxy) is 5. The van der Waals surface area contributed by atoms with Crippen LogP contribution in [0.15, 0.2) is 71.3 Å². The first-order valence-electron chi connectivity index (χ1n) is 11.4. The average molecular weight is 493 g/mol. The second kappa shape index (κ2) is 12.3. The summed E-state index contributed by atoms with van der Waals surface area (Å²) in [5, 5.41) is 9.66. The molecule has 0 spiro atoms. The highest BCUT2D eigenvalue weighted by atomic mass is 16.5. The molecule has 9 nitrogen and oxygen atoms in total. The summed E-state index contributed by atoms with van der Waals surface area (Å²) in [4.78, 5) is 24.1. The van der Waals surface area contributed by atoms with Crippen LogP contribution in [0.2, 0.25) is 0 Å². The second-order valence-electron chi connectivity index (χ2n) is 7.75. The largest absolute Gasteiger partial charge is 0.493 e. The number of esters is 2. The van der Waals surface area contributed by atoms with Crippen LogP contribution in [0.3, 0.4) is 0 Å². The lowest BCUT2D eigenvalue weighted by Crippen LogP contribution is -2.25. The Bertz CT molecular complexity index is 1190. The highest BCUT2D eigenvalue weighted by Crippen LogP contribution is 2.39. The van der Waals surface area contributed by atoms with Crippen LogP contribution in [0.1, 0.15) is 42.1 Å². The van der Waals surface area contributed by atoms with E-state index in [4.69, 9.17) is 24.7 Å². The molecule has 0 fully saturated rings. The van der Waals surface area contributed by atoms with Gasteiger partial charge >= 0.3 is 11.9 Å². The molecular formula is C27H28N2O7. The van der Waals surface area contributed by atoms with Crippen LogP contribution in [-0.4, -0.2) is 38.9 Å². The van der Waals surface area contributed by atoms with E-state index in [2.05, 4.69) is 10.8 Å². The third kappa shape index (κ3) is 6.16. The summed E-state index contributed by atoms with van der Waals surface area (Å²) in [6.07, 6.45) is 0.632. The first-order chi connectivity index (χ1) is 17.4. The molecule has 2 aromatic rings. The SMILES string of the molecule is CCOC(=O)C1=C(C)OC(N)=C(C#N)C1c1ccc(OCCCOc2ccc(C(=O)OC)cc2)cc1. The van der Waals surface area contributed by atoms with Gasteiger partial charge in [0, 0.05) is 6.42 Å². The molecule has 1 atom stereocenters. The number of benzene rings is 2. The van der Waals surface area contributed by atoms with Crippen molar-refractivity contribution in [2.75, 3.05) is 26.9 Å². The fourth-order valence-electron chi connectivity index (χ4n) is 3.69. The molecule has 0 saturated heterocycles. The van der Waals surface area contributed by atoms with Crippen LogP contribution in [0.4, 0.5) is 0 Å². The molecule has 1 heterocycles. The predicted octanol–water partition coefficient (Wildman–Crippen LogP) is 3.97. The van der Waals surface area contributed by atoms with E-state index in [9.17, 15) is 14.9 Å². The van der Waals surface area contributed by atoms with Crippen LogP contribution in [0.25, 0.3) is 0 Å². The smallest absolute Gasteiger partial charge is 0.338 e. The molecule has 1 unspecified atom stereocenters. The zero-order valence-electron chi connectivity index (χ0n) is 20.4. The maximum Gasteiger partial charge on any atom is 0.338 e. The van der Waals surface area contributed by atoms with Crippen LogP contribution < -0.4 is 15.2 Å². The van der Waals surface area contributed by atoms with Gasteiger partial charge in [-0.25, -0.2) is 9.59 Å². The second-order valence-corrected chi connectivity index (χ2v) is 7.75. The van der Waals surface area contributed by atoms with Crippen molar-refractivity contribution in [3.63, 3.8) is 0 Å². The summed E-state index contributed by atoms with van der Waals surface area (Å²) < 4.78 is 26.7. The van der Waals surface area contributed by atoms with Crippen molar-refractivity contribution in [2.24, 2.45) is 5.73 Å². The Labute approximate surface area is 209 Å². The van der Waals surface area contributed by atoms with Gasteiger partial charge in [0.2, 0.25) is 5.88 Å². The molecule has 2 aromatic carbocycles. The first-order valence-corrected chi connectivity index (χ1v) is 11.4. The standard InChI is InChI=1S/C27H28N2O7/c1-4-33-27(31)23-17(2)36-25(29)22(16-28)24(23)18-6-10-20(11-7-18)34-14-5-15-35-21-12-8-19(9-13-21)26(30)32-3/h6-13,24H,4-5,14-15,29H2,1-3H3. The van der Waals surface area contributed by atoms with Gasteiger partial charge in [-0.05, 0) is 55.8 Å². The topological polar surface area (TPSA) is 130 Å². The number of hydrogen-bond acceptors (Lipinski definition) is 9. The Morgan fingerprint density at radius 2 is 1.58 bits per heavy atom. The quantitative estimate of drug-likeness (QED) is 0.387. The Balaban J connectivity index is 1.59. The van der Waals surface area contributed by atoms with Gasteiger partial charge in [-0.1, -0.05) is 12.1 Å². The number of hydrogen-bond donors (Lipinski definition) is 1. The van der Waals surface area contributed by atoms with Gasteiger partial charge in [-0.2, -0.15) is 5.26 Å². The van der Waals surface area contributed by atoms with Crippen molar-refractivity contribution in [3.8, 4) is 17.6 Å². The number of rotatable bonds is 10. The van der Waals surface area contributed by atoms with Gasteiger partial charge in [0.05, 0.1) is 44.0 Å². The number of nitriles is 1. The summed E-state index contributed by atoms with van der Waals surface area (Å²) in [6, 6.07) is 15.8. The Morgan fingerprint density at radius 1 is 1.00 bits per heavy atom. The maximum atomic E-state index is 12.6. The Hall–Kier alpha value is -4.45. The van der Waals surface area contributed by atoms with Crippen LogP contribution >= 0.6 is 0 Å². The van der Waals surface area contributed by atoms with Crippen LogP contribution in [-0.2, 0) is 19.0 Å². The lowest BCUT2D eigenvalue weighted by molar-refractivity contribution is -0.139. The average Bonchev–Trinajstić information content (AvgIpc) is 2.88. The lowest BCUT2D eigenvalue weighted by atomic mass is 9.83. The zero-order valence-corrected chi connectivity index (χ0v) is 20.4. The van der Waals surface area contributed by atoms with E-state index in [0.717, 1.165) is 0 Å². The fourth-order valence-corrected chi connectivity index (χ4v) is 3.69. The normalized spacial score (nSPS) is 15.0. The third-order valence-corrected chi connectivity index (χ3v) is 5.42. The summed E-state index contributed by atoms with van der Waals surface area (Å²) in [5.41, 5.74) is 7.46. The molecule has 9 heteroatoms. The molecular weight excluding hydrogens is 464 g/mol. The maximum absolute atomic E-state index is 12.6. The van der Waals surface area contributed by atoms with Gasteiger partial charge in [-0.15, -0.1) is 0 Å². The van der Waals surface area contributed by atoms with Crippen molar-refractivity contribution >= 4 is 11.9 Å². The molecule has 1 aliphatic heterocycles. The predicted molar refractivity (Wildman–Crippen MR) is 130 cm³/mol. The summed E-state index contributed by atoms with van der Waals surface area (Å²) in [6.45, 7) is 4.37. The van der Waals surface area contributed by atoms with Gasteiger partial charge in [0.1, 0.15) is 28.9 Å². The molecule has 0 aliphatic carbocycles. The van der Waals surface area contributed by atoms with Crippen molar-refractivity contribution in [3.05, 3.63) is 82.4 Å². The first kappa shape index (κ1) is 26.2. The van der Waals surface area contributed by atoms with Crippen molar-refractivity contribution in [1.82, 2.24) is 0 Å². The molecule has 188 valence electrons. The zero-order chi connectivity index (χ0) is 26.1.